The number of ether oxygens (including phenoxy) is 4. The summed E-state index contributed by atoms with van der Waals surface area (Å²) < 4.78 is 22.2. The van der Waals surface area contributed by atoms with Gasteiger partial charge in [0.1, 0.15) is 23.4 Å². The van der Waals surface area contributed by atoms with Crippen molar-refractivity contribution in [2.45, 2.75) is 25.0 Å². The minimum absolute atomic E-state index is 0.00878. The summed E-state index contributed by atoms with van der Waals surface area (Å²) in [7, 11) is 5.90. The number of nitrogens with two attached hydrogens (primary N) is 1. The zero-order valence-corrected chi connectivity index (χ0v) is 22.8. The number of benzene rings is 1. The van der Waals surface area contributed by atoms with Crippen molar-refractivity contribution in [1.29, 1.82) is 5.26 Å². The van der Waals surface area contributed by atoms with Gasteiger partial charge in [-0.25, -0.2) is 14.6 Å². The van der Waals surface area contributed by atoms with Crippen molar-refractivity contribution in [3.63, 3.8) is 0 Å². The molecular weight excluding hydrogens is 528 g/mol. The van der Waals surface area contributed by atoms with Crippen LogP contribution in [0.1, 0.15) is 18.4 Å². The Kier molecular flexibility index (Phi) is 7.91. The van der Waals surface area contributed by atoms with Crippen LogP contribution in [0.25, 0.3) is 0 Å². The number of nitrogens with one attached hydrogen (secondary N) is 1. The van der Waals surface area contributed by atoms with Crippen LogP contribution >= 0.6 is 11.8 Å². The molecular formula is C25H28N6O7S. The quantitative estimate of drug-likeness (QED) is 0.463. The summed E-state index contributed by atoms with van der Waals surface area (Å²) in [5, 5.41) is 13.4. The molecule has 14 heteroatoms. The smallest absolute Gasteiger partial charge is 0.338 e. The number of urea groups is 1. The number of nitrogens with zero attached hydrogens (tertiary/aromatic N) is 4. The van der Waals surface area contributed by atoms with E-state index in [4.69, 9.17) is 24.7 Å². The summed E-state index contributed by atoms with van der Waals surface area (Å²) >= 11 is 1.15. The maximum absolute atomic E-state index is 13.3. The van der Waals surface area contributed by atoms with Crippen LogP contribution in [-0.2, 0) is 19.1 Å². The van der Waals surface area contributed by atoms with Gasteiger partial charge in [-0.15, -0.1) is 0 Å². The first kappa shape index (κ1) is 27.6. The Hall–Kier alpha value is -4.38. The highest BCUT2D eigenvalue weighted by molar-refractivity contribution is 8.14. The Morgan fingerprint density at radius 3 is 2.67 bits per heavy atom. The number of imide groups is 1. The highest BCUT2D eigenvalue weighted by Gasteiger charge is 2.47. The molecule has 206 valence electrons. The number of para-hydroxylation sites is 1. The molecule has 0 aromatic heterocycles. The molecule has 3 aliphatic rings. The SMILES string of the molecule is CCOC(=O)C1=C(CSC2=N[C@H]3[C@H](N2)C(=O)N(C)C(=O)N3C)OC(N)=C(C#N)[C@H]1c1cccc(OC)c1OC. The van der Waals surface area contributed by atoms with Crippen LogP contribution in [0.3, 0.4) is 0 Å². The van der Waals surface area contributed by atoms with E-state index in [1.165, 1.54) is 26.2 Å². The van der Waals surface area contributed by atoms with E-state index in [1.807, 2.05) is 0 Å². The number of methoxy groups -OCH3 is 2. The molecule has 4 rings (SSSR count). The topological polar surface area (TPSA) is 169 Å². The number of rotatable bonds is 7. The molecule has 0 radical (unpaired) electrons. The number of likely N-dealkylation sites (N-methyl/N-ethyl adjacent to an activating group) is 2. The van der Waals surface area contributed by atoms with Crippen molar-refractivity contribution in [2.75, 3.05) is 40.7 Å². The molecule has 3 aliphatic heterocycles. The third-order valence-electron chi connectivity index (χ3n) is 6.49. The summed E-state index contributed by atoms with van der Waals surface area (Å²) in [6.07, 6.45) is -0.710. The van der Waals surface area contributed by atoms with E-state index in [-0.39, 0.29) is 35.1 Å². The van der Waals surface area contributed by atoms with Crippen LogP contribution in [0, 0.1) is 11.3 Å². The Labute approximate surface area is 229 Å². The van der Waals surface area contributed by atoms with Crippen LogP contribution in [0.5, 0.6) is 11.5 Å². The number of hydrogen-bond donors (Lipinski definition) is 2. The van der Waals surface area contributed by atoms with E-state index in [2.05, 4.69) is 16.4 Å². The third-order valence-corrected chi connectivity index (χ3v) is 7.39. The molecule has 1 fully saturated rings. The maximum Gasteiger partial charge on any atom is 0.338 e. The number of amidine groups is 1. The van der Waals surface area contributed by atoms with E-state index in [1.54, 1.807) is 32.2 Å². The van der Waals surface area contributed by atoms with E-state index in [9.17, 15) is 19.6 Å². The average Bonchev–Trinajstić information content (AvgIpc) is 3.37. The molecule has 3 heterocycles. The summed E-state index contributed by atoms with van der Waals surface area (Å²) in [6, 6.07) is 5.96. The van der Waals surface area contributed by atoms with Crippen LogP contribution < -0.4 is 20.5 Å². The fraction of sp³-hybridized carbons (Fsp3) is 0.400. The lowest BCUT2D eigenvalue weighted by atomic mass is 9.82. The third kappa shape index (κ3) is 4.81. The average molecular weight is 557 g/mol. The fourth-order valence-corrected chi connectivity index (χ4v) is 5.49. The number of amides is 3. The number of nitriles is 1. The van der Waals surface area contributed by atoms with Crippen molar-refractivity contribution in [3.8, 4) is 17.6 Å². The number of hydrogen-bond acceptors (Lipinski definition) is 12. The summed E-state index contributed by atoms with van der Waals surface area (Å²) in [4.78, 5) is 45.2. The Bertz CT molecular complexity index is 1350. The highest BCUT2D eigenvalue weighted by atomic mass is 32.2. The minimum Gasteiger partial charge on any atom is -0.493 e. The Morgan fingerprint density at radius 1 is 1.28 bits per heavy atom. The zero-order chi connectivity index (χ0) is 28.4. The van der Waals surface area contributed by atoms with E-state index in [0.29, 0.717) is 22.2 Å². The molecule has 1 saturated heterocycles. The molecule has 1 aromatic carbocycles. The standard InChI is InChI=1S/C25H28N6O7S/c1-6-37-23(33)17-15(11-39-24-28-18-21(29-24)30(2)25(34)31(3)22(18)32)38-20(27)13(10-26)16(17)12-8-7-9-14(35-4)19(12)36-5/h7-9,16,18,21H,6,11,27H2,1-5H3,(H,28,29)/t16-,18+,21-/m1/s1. The van der Waals surface area contributed by atoms with Gasteiger partial charge in [-0.3, -0.25) is 9.69 Å². The molecule has 0 bridgehead atoms. The van der Waals surface area contributed by atoms with Crippen molar-refractivity contribution in [1.82, 2.24) is 15.1 Å². The lowest BCUT2D eigenvalue weighted by Crippen LogP contribution is -2.63. The second kappa shape index (κ2) is 11.2. The first-order valence-electron chi connectivity index (χ1n) is 11.9. The molecule has 39 heavy (non-hydrogen) atoms. The maximum atomic E-state index is 13.3. The number of thioether (sulfide) groups is 1. The molecule has 13 nitrogen and oxygen atoms in total. The predicted octanol–water partition coefficient (Wildman–Crippen LogP) is 1.24. The molecule has 0 saturated carbocycles. The van der Waals surface area contributed by atoms with E-state index < -0.39 is 36.0 Å². The normalized spacial score (nSPS) is 22.6. The molecule has 3 N–H and O–H groups in total. The van der Waals surface area contributed by atoms with Crippen molar-refractivity contribution in [3.05, 3.63) is 46.6 Å². The van der Waals surface area contributed by atoms with E-state index >= 15 is 0 Å². The van der Waals surface area contributed by atoms with Crippen LogP contribution in [0.2, 0.25) is 0 Å². The summed E-state index contributed by atoms with van der Waals surface area (Å²) in [6.45, 7) is 1.75. The number of fused-ring (bicyclic) bond motifs is 1. The molecule has 3 atom stereocenters. The molecule has 0 aliphatic carbocycles. The highest BCUT2D eigenvalue weighted by Crippen LogP contribution is 2.46. The van der Waals surface area contributed by atoms with Gasteiger partial charge in [0, 0.05) is 19.7 Å². The monoisotopic (exact) mass is 556 g/mol. The van der Waals surface area contributed by atoms with Gasteiger partial charge in [0.2, 0.25) is 5.88 Å². The molecule has 0 unspecified atom stereocenters. The van der Waals surface area contributed by atoms with Gasteiger partial charge in [-0.05, 0) is 13.0 Å². The lowest BCUT2D eigenvalue weighted by molar-refractivity contribution is -0.139. The van der Waals surface area contributed by atoms with Gasteiger partial charge in [-0.1, -0.05) is 23.9 Å². The van der Waals surface area contributed by atoms with Crippen molar-refractivity contribution >= 4 is 34.8 Å². The van der Waals surface area contributed by atoms with Crippen LogP contribution in [-0.4, -0.2) is 85.8 Å². The van der Waals surface area contributed by atoms with Gasteiger partial charge < -0.3 is 34.9 Å². The van der Waals surface area contributed by atoms with Gasteiger partial charge in [0.05, 0.1) is 38.1 Å². The lowest BCUT2D eigenvalue weighted by Gasteiger charge is -2.36. The molecule has 1 aromatic rings. The Balaban J connectivity index is 1.74. The van der Waals surface area contributed by atoms with E-state index in [0.717, 1.165) is 16.7 Å². The number of carbonyl (C=O) groups is 3. The van der Waals surface area contributed by atoms with Gasteiger partial charge in [-0.2, -0.15) is 5.26 Å². The van der Waals surface area contributed by atoms with Gasteiger partial charge in [0.15, 0.2) is 22.8 Å². The van der Waals surface area contributed by atoms with Crippen molar-refractivity contribution in [2.24, 2.45) is 10.7 Å². The molecule has 0 spiro atoms. The first-order chi connectivity index (χ1) is 18.7. The second-order valence-electron chi connectivity index (χ2n) is 8.61. The molecule has 3 amide bonds. The predicted molar refractivity (Wildman–Crippen MR) is 140 cm³/mol. The van der Waals surface area contributed by atoms with Crippen LogP contribution in [0.4, 0.5) is 4.79 Å². The number of aliphatic imine (C=N–C) groups is 1. The number of allylic oxidation sites excluding steroid dienone is 1. The van der Waals surface area contributed by atoms with Gasteiger partial charge in [0.25, 0.3) is 5.91 Å². The van der Waals surface area contributed by atoms with Gasteiger partial charge >= 0.3 is 12.0 Å². The first-order valence-corrected chi connectivity index (χ1v) is 12.9. The Morgan fingerprint density at radius 2 is 2.03 bits per heavy atom. The summed E-state index contributed by atoms with van der Waals surface area (Å²) in [5.74, 6) is -1.32. The number of esters is 1. The summed E-state index contributed by atoms with van der Waals surface area (Å²) in [5.41, 5.74) is 6.72. The zero-order valence-electron chi connectivity index (χ0n) is 22.0. The largest absolute Gasteiger partial charge is 0.493 e. The van der Waals surface area contributed by atoms with Crippen molar-refractivity contribution < 1.29 is 33.3 Å². The fourth-order valence-electron chi connectivity index (χ4n) is 4.61. The number of carbonyl (C=O) groups excluding carboxylic acids is 3. The second-order valence-corrected chi connectivity index (χ2v) is 9.58. The minimum atomic E-state index is -0.969. The van der Waals surface area contributed by atoms with Crippen LogP contribution in [0.15, 0.2) is 46.0 Å².